The molecule has 1 saturated heterocycles. The number of rotatable bonds is 8. The van der Waals surface area contributed by atoms with E-state index in [9.17, 15) is 22.8 Å². The summed E-state index contributed by atoms with van der Waals surface area (Å²) in [6, 6.07) is 5.04. The zero-order valence-electron chi connectivity index (χ0n) is 18.0. The summed E-state index contributed by atoms with van der Waals surface area (Å²) >= 11 is 0. The van der Waals surface area contributed by atoms with Crippen LogP contribution in [0.5, 0.6) is 0 Å². The largest absolute Gasteiger partial charge is 0.460 e. The van der Waals surface area contributed by atoms with Gasteiger partial charge >= 0.3 is 17.7 Å². The Kier molecular flexibility index (Phi) is 7.52. The van der Waals surface area contributed by atoms with Crippen molar-refractivity contribution in [2.75, 3.05) is 24.2 Å². The first-order chi connectivity index (χ1) is 15.2. The van der Waals surface area contributed by atoms with Crippen LogP contribution in [-0.4, -0.2) is 49.7 Å². The topological polar surface area (TPSA) is 132 Å². The Labute approximate surface area is 185 Å². The van der Waals surface area contributed by atoms with E-state index < -0.39 is 33.8 Å². The molecule has 1 aromatic heterocycles. The van der Waals surface area contributed by atoms with E-state index in [4.69, 9.17) is 13.9 Å². The Morgan fingerprint density at radius 1 is 1.22 bits per heavy atom. The average Bonchev–Trinajstić information content (AvgIpc) is 3.22. The number of ether oxygens (including phenoxy) is 2. The van der Waals surface area contributed by atoms with Gasteiger partial charge in [-0.15, -0.1) is 0 Å². The van der Waals surface area contributed by atoms with Crippen molar-refractivity contribution in [3.8, 4) is 0 Å². The van der Waals surface area contributed by atoms with Crippen LogP contribution in [0.4, 0.5) is 10.5 Å². The van der Waals surface area contributed by atoms with Crippen LogP contribution in [0.3, 0.4) is 0 Å². The molecule has 1 amide bonds. The average molecular weight is 467 g/mol. The summed E-state index contributed by atoms with van der Waals surface area (Å²) in [6.07, 6.45) is 0.789. The molecule has 2 heterocycles. The summed E-state index contributed by atoms with van der Waals surface area (Å²) in [4.78, 5) is 36.2. The molecule has 3 rings (SSSR count). The fourth-order valence-corrected chi connectivity index (χ4v) is 5.38. The van der Waals surface area contributed by atoms with Crippen molar-refractivity contribution >= 4 is 38.7 Å². The maximum Gasteiger partial charge on any atom is 0.411 e. The van der Waals surface area contributed by atoms with E-state index in [0.717, 1.165) is 0 Å². The summed E-state index contributed by atoms with van der Waals surface area (Å²) in [6.45, 7) is 3.72. The van der Waals surface area contributed by atoms with Gasteiger partial charge in [0.05, 0.1) is 12.4 Å². The van der Waals surface area contributed by atoms with Crippen LogP contribution in [0.15, 0.2) is 33.5 Å². The lowest BCUT2D eigenvalue weighted by atomic mass is 10.1. The molecule has 174 valence electrons. The highest BCUT2D eigenvalue weighted by molar-refractivity contribution is 7.89. The Morgan fingerprint density at radius 2 is 2.00 bits per heavy atom. The van der Waals surface area contributed by atoms with Crippen molar-refractivity contribution in [2.24, 2.45) is 0 Å². The molecule has 0 bridgehead atoms. The third-order valence-corrected chi connectivity index (χ3v) is 7.09. The summed E-state index contributed by atoms with van der Waals surface area (Å²) in [7, 11) is -3.52. The van der Waals surface area contributed by atoms with E-state index >= 15 is 0 Å². The highest BCUT2D eigenvalue weighted by Crippen LogP contribution is 2.25. The first kappa shape index (κ1) is 23.7. The van der Waals surface area contributed by atoms with Gasteiger partial charge in [0, 0.05) is 35.3 Å². The third-order valence-electron chi connectivity index (χ3n) is 5.02. The van der Waals surface area contributed by atoms with Gasteiger partial charge in [-0.2, -0.15) is 4.31 Å². The van der Waals surface area contributed by atoms with Crippen molar-refractivity contribution in [3.05, 3.63) is 40.2 Å². The maximum atomic E-state index is 12.6. The number of fused-ring (bicyclic) bond motifs is 1. The van der Waals surface area contributed by atoms with Crippen LogP contribution in [0, 0.1) is 0 Å². The summed E-state index contributed by atoms with van der Waals surface area (Å²) in [5.41, 5.74) is 0.333. The normalized spacial score (nSPS) is 16.8. The number of amides is 1. The number of esters is 1. The van der Waals surface area contributed by atoms with Crippen LogP contribution < -0.4 is 10.9 Å². The maximum absolute atomic E-state index is 12.6. The number of nitrogens with zero attached hydrogens (tertiary/aromatic N) is 1. The SMILES string of the molecule is CCCS(=O)(=O)N1CCCC1C(=O)OCc1cc(=O)oc2cc(NC(=O)OCC)ccc12. The minimum absolute atomic E-state index is 0.0245. The molecule has 1 aliphatic heterocycles. The van der Waals surface area contributed by atoms with Gasteiger partial charge in [0.25, 0.3) is 0 Å². The molecular weight excluding hydrogens is 440 g/mol. The van der Waals surface area contributed by atoms with Gasteiger partial charge in [-0.3, -0.25) is 10.1 Å². The van der Waals surface area contributed by atoms with Crippen LogP contribution >= 0.6 is 0 Å². The van der Waals surface area contributed by atoms with Crippen LogP contribution in [0.25, 0.3) is 11.0 Å². The lowest BCUT2D eigenvalue weighted by molar-refractivity contribution is -0.148. The fraction of sp³-hybridized carbons (Fsp3) is 0.476. The number of anilines is 1. The number of hydrogen-bond acceptors (Lipinski definition) is 8. The number of hydrogen-bond donors (Lipinski definition) is 1. The monoisotopic (exact) mass is 466 g/mol. The second-order valence-corrected chi connectivity index (χ2v) is 9.38. The quantitative estimate of drug-likeness (QED) is 0.464. The Hall–Kier alpha value is -2.92. The highest BCUT2D eigenvalue weighted by atomic mass is 32.2. The van der Waals surface area contributed by atoms with Gasteiger partial charge < -0.3 is 13.9 Å². The molecule has 1 fully saturated rings. The molecule has 1 atom stereocenters. The highest BCUT2D eigenvalue weighted by Gasteiger charge is 2.39. The Balaban J connectivity index is 1.76. The second kappa shape index (κ2) is 10.1. The van der Waals surface area contributed by atoms with E-state index in [0.29, 0.717) is 35.9 Å². The van der Waals surface area contributed by atoms with Gasteiger partial charge in [0.2, 0.25) is 10.0 Å². The molecule has 2 aromatic rings. The Bertz CT molecular complexity index is 1160. The van der Waals surface area contributed by atoms with Gasteiger partial charge in [-0.1, -0.05) is 6.92 Å². The molecule has 10 nitrogen and oxygen atoms in total. The van der Waals surface area contributed by atoms with Crippen LogP contribution in [0.2, 0.25) is 0 Å². The minimum atomic E-state index is -3.52. The number of carbonyl (C=O) groups excluding carboxylic acids is 2. The first-order valence-electron chi connectivity index (χ1n) is 10.4. The Morgan fingerprint density at radius 3 is 2.72 bits per heavy atom. The summed E-state index contributed by atoms with van der Waals surface area (Å²) in [5.74, 6) is -0.673. The lowest BCUT2D eigenvalue weighted by Gasteiger charge is -2.22. The number of nitrogens with one attached hydrogen (secondary N) is 1. The predicted octanol–water partition coefficient (Wildman–Crippen LogP) is 2.61. The number of carbonyl (C=O) groups is 2. The van der Waals surface area contributed by atoms with E-state index in [1.54, 1.807) is 26.0 Å². The van der Waals surface area contributed by atoms with Crippen molar-refractivity contribution in [1.82, 2.24) is 4.31 Å². The summed E-state index contributed by atoms with van der Waals surface area (Å²) in [5, 5.41) is 3.04. The lowest BCUT2D eigenvalue weighted by Crippen LogP contribution is -2.42. The molecule has 11 heteroatoms. The van der Waals surface area contributed by atoms with Crippen LogP contribution in [-0.2, 0) is 30.9 Å². The minimum Gasteiger partial charge on any atom is -0.460 e. The van der Waals surface area contributed by atoms with Gasteiger partial charge in [0.1, 0.15) is 18.2 Å². The standard InChI is InChI=1S/C21H26N2O8S/c1-3-10-32(27,28)23-9-5-6-17(23)20(25)30-13-14-11-19(24)31-18-12-15(7-8-16(14)18)22-21(26)29-4-2/h7-8,11-12,17H,3-6,9-10,13H2,1-2H3,(H,22,26). The number of sulfonamides is 1. The molecule has 1 unspecified atom stereocenters. The van der Waals surface area contributed by atoms with Gasteiger partial charge in [0.15, 0.2) is 0 Å². The molecule has 0 aliphatic carbocycles. The van der Waals surface area contributed by atoms with Gasteiger partial charge in [-0.25, -0.2) is 18.0 Å². The molecule has 1 N–H and O–H groups in total. The van der Waals surface area contributed by atoms with Crippen molar-refractivity contribution < 1.29 is 31.9 Å². The third kappa shape index (κ3) is 5.46. The van der Waals surface area contributed by atoms with E-state index in [2.05, 4.69) is 5.32 Å². The second-order valence-electron chi connectivity index (χ2n) is 7.34. The number of benzene rings is 1. The van der Waals surface area contributed by atoms with Crippen molar-refractivity contribution in [3.63, 3.8) is 0 Å². The molecule has 0 spiro atoms. The van der Waals surface area contributed by atoms with E-state index in [1.165, 1.54) is 16.4 Å². The zero-order chi connectivity index (χ0) is 23.3. The summed E-state index contributed by atoms with van der Waals surface area (Å²) < 4.78 is 41.5. The van der Waals surface area contributed by atoms with Crippen molar-refractivity contribution in [2.45, 2.75) is 45.8 Å². The molecule has 32 heavy (non-hydrogen) atoms. The zero-order valence-corrected chi connectivity index (χ0v) is 18.8. The van der Waals surface area contributed by atoms with Gasteiger partial charge in [-0.05, 0) is 38.3 Å². The fourth-order valence-electron chi connectivity index (χ4n) is 3.64. The first-order valence-corrected chi connectivity index (χ1v) is 12.0. The smallest absolute Gasteiger partial charge is 0.411 e. The van der Waals surface area contributed by atoms with Crippen LogP contribution in [0.1, 0.15) is 38.7 Å². The molecule has 0 radical (unpaired) electrons. The molecule has 0 saturated carbocycles. The van der Waals surface area contributed by atoms with Crippen molar-refractivity contribution in [1.29, 1.82) is 0 Å². The predicted molar refractivity (Wildman–Crippen MR) is 117 cm³/mol. The van der Waals surface area contributed by atoms with E-state index in [-0.39, 0.29) is 31.1 Å². The van der Waals surface area contributed by atoms with E-state index in [1.807, 2.05) is 0 Å². The molecule has 1 aromatic carbocycles. The molecular formula is C21H26N2O8S. The molecule has 1 aliphatic rings.